The number of aliphatic hydroxyl groups is 1. The van der Waals surface area contributed by atoms with Crippen LogP contribution >= 0.6 is 15.9 Å². The summed E-state index contributed by atoms with van der Waals surface area (Å²) in [6, 6.07) is 5.75. The molecule has 0 saturated carbocycles. The predicted molar refractivity (Wildman–Crippen MR) is 53.8 cm³/mol. The van der Waals surface area contributed by atoms with E-state index >= 15 is 0 Å². The summed E-state index contributed by atoms with van der Waals surface area (Å²) in [5.74, 6) is 0.813. The van der Waals surface area contributed by atoms with E-state index in [4.69, 9.17) is 4.74 Å². The fourth-order valence-corrected chi connectivity index (χ4v) is 1.90. The molecule has 1 aliphatic heterocycles. The van der Waals surface area contributed by atoms with Gasteiger partial charge in [0.2, 0.25) is 0 Å². The first-order chi connectivity index (χ1) is 6.27. The fourth-order valence-electron chi connectivity index (χ4n) is 1.53. The molecule has 1 aliphatic rings. The van der Waals surface area contributed by atoms with Gasteiger partial charge in [-0.1, -0.05) is 15.9 Å². The molecule has 2 rings (SSSR count). The molecule has 1 heterocycles. The Morgan fingerprint density at radius 1 is 1.46 bits per heavy atom. The van der Waals surface area contributed by atoms with Gasteiger partial charge in [-0.25, -0.2) is 0 Å². The highest BCUT2D eigenvalue weighted by atomic mass is 79.9. The van der Waals surface area contributed by atoms with Crippen molar-refractivity contribution in [2.24, 2.45) is 0 Å². The number of fused-ring (bicyclic) bond motifs is 1. The third-order valence-corrected chi connectivity index (χ3v) is 2.70. The average molecular weight is 243 g/mol. The van der Waals surface area contributed by atoms with Crippen LogP contribution in [0.1, 0.15) is 24.5 Å². The molecule has 13 heavy (non-hydrogen) atoms. The largest absolute Gasteiger partial charge is 0.493 e. The Morgan fingerprint density at radius 3 is 3.15 bits per heavy atom. The highest BCUT2D eigenvalue weighted by Gasteiger charge is 2.17. The zero-order valence-corrected chi connectivity index (χ0v) is 8.75. The normalized spacial score (nSPS) is 21.5. The molecule has 2 nitrogen and oxygen atoms in total. The number of hydrogen-bond acceptors (Lipinski definition) is 2. The van der Waals surface area contributed by atoms with Crippen molar-refractivity contribution in [3.05, 3.63) is 28.2 Å². The van der Waals surface area contributed by atoms with E-state index < -0.39 is 0 Å². The molecular formula is C10H11BrO2. The quantitative estimate of drug-likeness (QED) is 0.759. The smallest absolute Gasteiger partial charge is 0.125 e. The van der Waals surface area contributed by atoms with E-state index in [9.17, 15) is 5.11 Å². The molecule has 0 amide bonds. The summed E-state index contributed by atoms with van der Waals surface area (Å²) in [6.45, 7) is 0.700. The topological polar surface area (TPSA) is 29.5 Å². The van der Waals surface area contributed by atoms with E-state index in [1.807, 2.05) is 18.2 Å². The molecule has 0 saturated heterocycles. The van der Waals surface area contributed by atoms with Gasteiger partial charge in [-0.2, -0.15) is 0 Å². The minimum atomic E-state index is -0.380. The minimum Gasteiger partial charge on any atom is -0.493 e. The highest BCUT2D eigenvalue weighted by Crippen LogP contribution is 2.33. The Hall–Kier alpha value is -0.540. The van der Waals surface area contributed by atoms with Crippen molar-refractivity contribution >= 4 is 15.9 Å². The molecular weight excluding hydrogens is 232 g/mol. The molecule has 0 spiro atoms. The minimum absolute atomic E-state index is 0.380. The molecule has 1 atom stereocenters. The first-order valence-electron chi connectivity index (χ1n) is 4.37. The second-order valence-corrected chi connectivity index (χ2v) is 4.10. The van der Waals surface area contributed by atoms with Crippen molar-refractivity contribution in [2.45, 2.75) is 18.9 Å². The SMILES string of the molecule is OC1CCCOc2ccc(Br)cc21. The van der Waals surface area contributed by atoms with Crippen LogP contribution in [0.5, 0.6) is 5.75 Å². The van der Waals surface area contributed by atoms with E-state index in [0.29, 0.717) is 6.61 Å². The van der Waals surface area contributed by atoms with Gasteiger partial charge in [0, 0.05) is 10.0 Å². The van der Waals surface area contributed by atoms with Crippen molar-refractivity contribution in [1.29, 1.82) is 0 Å². The Bertz CT molecular complexity index is 312. The number of aliphatic hydroxyl groups excluding tert-OH is 1. The summed E-state index contributed by atoms with van der Waals surface area (Å²) in [7, 11) is 0. The first kappa shape index (κ1) is 9.03. The van der Waals surface area contributed by atoms with Crippen LogP contribution in [0, 0.1) is 0 Å². The zero-order valence-electron chi connectivity index (χ0n) is 7.16. The van der Waals surface area contributed by atoms with Crippen LogP contribution in [0.4, 0.5) is 0 Å². The zero-order chi connectivity index (χ0) is 9.26. The van der Waals surface area contributed by atoms with Gasteiger partial charge in [-0.15, -0.1) is 0 Å². The van der Waals surface area contributed by atoms with E-state index in [0.717, 1.165) is 28.6 Å². The lowest BCUT2D eigenvalue weighted by Gasteiger charge is -2.10. The van der Waals surface area contributed by atoms with Gasteiger partial charge in [0.25, 0.3) is 0 Å². The summed E-state index contributed by atoms with van der Waals surface area (Å²) < 4.78 is 6.48. The van der Waals surface area contributed by atoms with Crippen molar-refractivity contribution < 1.29 is 9.84 Å². The summed E-state index contributed by atoms with van der Waals surface area (Å²) in [4.78, 5) is 0. The molecule has 1 unspecified atom stereocenters. The van der Waals surface area contributed by atoms with Crippen LogP contribution in [0.15, 0.2) is 22.7 Å². The molecule has 70 valence electrons. The van der Waals surface area contributed by atoms with Crippen LogP contribution in [0.3, 0.4) is 0 Å². The number of hydrogen-bond donors (Lipinski definition) is 1. The molecule has 0 bridgehead atoms. The summed E-state index contributed by atoms with van der Waals surface area (Å²) >= 11 is 3.38. The monoisotopic (exact) mass is 242 g/mol. The molecule has 3 heteroatoms. The Kier molecular flexibility index (Phi) is 2.56. The second kappa shape index (κ2) is 3.68. The molecule has 1 aromatic rings. The summed E-state index contributed by atoms with van der Waals surface area (Å²) in [6.07, 6.45) is 1.31. The maximum atomic E-state index is 9.76. The highest BCUT2D eigenvalue weighted by molar-refractivity contribution is 9.10. The molecule has 1 aromatic carbocycles. The van der Waals surface area contributed by atoms with Crippen molar-refractivity contribution in [3.8, 4) is 5.75 Å². The van der Waals surface area contributed by atoms with Crippen molar-refractivity contribution in [2.75, 3.05) is 6.61 Å². The van der Waals surface area contributed by atoms with Gasteiger partial charge in [0.05, 0.1) is 12.7 Å². The molecule has 0 fully saturated rings. The van der Waals surface area contributed by atoms with Crippen LogP contribution in [-0.2, 0) is 0 Å². The Labute approximate surface area is 85.7 Å². The van der Waals surface area contributed by atoms with Crippen molar-refractivity contribution in [3.63, 3.8) is 0 Å². The van der Waals surface area contributed by atoms with E-state index in [-0.39, 0.29) is 6.10 Å². The van der Waals surface area contributed by atoms with Crippen LogP contribution in [0.25, 0.3) is 0 Å². The molecule has 0 radical (unpaired) electrons. The van der Waals surface area contributed by atoms with Gasteiger partial charge >= 0.3 is 0 Å². The number of benzene rings is 1. The lowest BCUT2D eigenvalue weighted by Crippen LogP contribution is -1.95. The van der Waals surface area contributed by atoms with Crippen LogP contribution in [0.2, 0.25) is 0 Å². The van der Waals surface area contributed by atoms with Gasteiger partial charge in [-0.3, -0.25) is 0 Å². The molecule has 1 N–H and O–H groups in total. The third kappa shape index (κ3) is 1.86. The Balaban J connectivity index is 2.43. The maximum absolute atomic E-state index is 9.76. The third-order valence-electron chi connectivity index (χ3n) is 2.21. The van der Waals surface area contributed by atoms with Crippen LogP contribution < -0.4 is 4.74 Å². The fraction of sp³-hybridized carbons (Fsp3) is 0.400. The summed E-state index contributed by atoms with van der Waals surface area (Å²) in [5, 5.41) is 9.76. The number of ether oxygens (including phenoxy) is 1. The maximum Gasteiger partial charge on any atom is 0.125 e. The summed E-state index contributed by atoms with van der Waals surface area (Å²) in [5.41, 5.74) is 0.895. The molecule has 0 aliphatic carbocycles. The molecule has 0 aromatic heterocycles. The first-order valence-corrected chi connectivity index (χ1v) is 5.17. The lowest BCUT2D eigenvalue weighted by molar-refractivity contribution is 0.167. The van der Waals surface area contributed by atoms with Gasteiger partial charge in [-0.05, 0) is 31.0 Å². The van der Waals surface area contributed by atoms with Gasteiger partial charge in [0.1, 0.15) is 5.75 Å². The lowest BCUT2D eigenvalue weighted by atomic mass is 10.1. The Morgan fingerprint density at radius 2 is 2.31 bits per heavy atom. The van der Waals surface area contributed by atoms with E-state index in [1.54, 1.807) is 0 Å². The average Bonchev–Trinajstić information content (AvgIpc) is 2.29. The van der Waals surface area contributed by atoms with Gasteiger partial charge < -0.3 is 9.84 Å². The van der Waals surface area contributed by atoms with Gasteiger partial charge in [0.15, 0.2) is 0 Å². The number of rotatable bonds is 0. The standard InChI is InChI=1S/C10H11BrO2/c11-7-3-4-10-8(6-7)9(12)2-1-5-13-10/h3-4,6,9,12H,1-2,5H2. The van der Waals surface area contributed by atoms with E-state index in [1.165, 1.54) is 0 Å². The second-order valence-electron chi connectivity index (χ2n) is 3.19. The van der Waals surface area contributed by atoms with E-state index in [2.05, 4.69) is 15.9 Å². The van der Waals surface area contributed by atoms with Crippen molar-refractivity contribution in [1.82, 2.24) is 0 Å². The predicted octanol–water partition coefficient (Wildman–Crippen LogP) is 2.66. The number of halogens is 1. The van der Waals surface area contributed by atoms with Crippen LogP contribution in [-0.4, -0.2) is 11.7 Å².